The Morgan fingerprint density at radius 3 is 2.65 bits per heavy atom. The Balaban J connectivity index is 1.96. The lowest BCUT2D eigenvalue weighted by Crippen LogP contribution is -2.23. The first-order chi connectivity index (χ1) is 11.1. The van der Waals surface area contributed by atoms with Gasteiger partial charge in [0.25, 0.3) is 0 Å². The van der Waals surface area contributed by atoms with Crippen LogP contribution in [0.3, 0.4) is 0 Å². The Morgan fingerprint density at radius 1 is 1.22 bits per heavy atom. The number of amides is 2. The molecule has 0 radical (unpaired) electrons. The molecular formula is C17H17N3O2S. The summed E-state index contributed by atoms with van der Waals surface area (Å²) in [6.07, 6.45) is 0.636. The molecule has 3 rings (SSSR count). The van der Waals surface area contributed by atoms with Crippen molar-refractivity contribution in [2.24, 2.45) is 5.10 Å². The van der Waals surface area contributed by atoms with E-state index in [1.54, 1.807) is 11.3 Å². The fourth-order valence-electron chi connectivity index (χ4n) is 2.70. The first-order valence-corrected chi connectivity index (χ1v) is 8.22. The molecule has 1 aromatic carbocycles. The standard InChI is InChI=1S/C17H17N3O2S/c1-11(21)18-14-7-4-3-6-13(14)15-10-16(17-8-5-9-23-17)20(19-15)12(2)22/h3-9,16H,10H2,1-2H3,(H,18,21)/t16-/m0/s1. The molecule has 23 heavy (non-hydrogen) atoms. The van der Waals surface area contributed by atoms with Gasteiger partial charge in [-0.3, -0.25) is 9.59 Å². The number of rotatable bonds is 3. The minimum atomic E-state index is -0.130. The summed E-state index contributed by atoms with van der Waals surface area (Å²) in [5, 5.41) is 10.9. The predicted octanol–water partition coefficient (Wildman–Crippen LogP) is 3.40. The first-order valence-electron chi connectivity index (χ1n) is 7.34. The van der Waals surface area contributed by atoms with Gasteiger partial charge in [-0.05, 0) is 17.5 Å². The molecule has 0 aliphatic carbocycles. The van der Waals surface area contributed by atoms with Gasteiger partial charge >= 0.3 is 0 Å². The van der Waals surface area contributed by atoms with Gasteiger partial charge in [-0.2, -0.15) is 5.10 Å². The Hall–Kier alpha value is -2.47. The van der Waals surface area contributed by atoms with Crippen LogP contribution in [0.4, 0.5) is 5.69 Å². The second-order valence-corrected chi connectivity index (χ2v) is 6.35. The van der Waals surface area contributed by atoms with Crippen LogP contribution >= 0.6 is 11.3 Å². The van der Waals surface area contributed by atoms with E-state index in [4.69, 9.17) is 0 Å². The van der Waals surface area contributed by atoms with Crippen LogP contribution in [0, 0.1) is 0 Å². The van der Waals surface area contributed by atoms with Crippen LogP contribution in [0.25, 0.3) is 0 Å². The number of carbonyl (C=O) groups is 2. The van der Waals surface area contributed by atoms with Crippen molar-refractivity contribution in [3.63, 3.8) is 0 Å². The zero-order valence-electron chi connectivity index (χ0n) is 12.9. The lowest BCUT2D eigenvalue weighted by Gasteiger charge is -2.18. The highest BCUT2D eigenvalue weighted by molar-refractivity contribution is 7.10. The number of para-hydroxylation sites is 1. The number of hydrogen-bond acceptors (Lipinski definition) is 4. The number of hydrogen-bond donors (Lipinski definition) is 1. The van der Waals surface area contributed by atoms with E-state index in [-0.39, 0.29) is 17.9 Å². The monoisotopic (exact) mass is 327 g/mol. The Bertz CT molecular complexity index is 768. The lowest BCUT2D eigenvalue weighted by atomic mass is 10.0. The molecular weight excluding hydrogens is 310 g/mol. The van der Waals surface area contributed by atoms with E-state index >= 15 is 0 Å². The maximum atomic E-state index is 11.9. The van der Waals surface area contributed by atoms with Gasteiger partial charge in [0.15, 0.2) is 0 Å². The number of hydrazone groups is 1. The molecule has 1 atom stereocenters. The number of anilines is 1. The van der Waals surface area contributed by atoms with Crippen LogP contribution in [-0.4, -0.2) is 22.5 Å². The summed E-state index contributed by atoms with van der Waals surface area (Å²) in [7, 11) is 0. The molecule has 118 valence electrons. The third-order valence-electron chi connectivity index (χ3n) is 3.65. The van der Waals surface area contributed by atoms with E-state index in [1.807, 2.05) is 41.8 Å². The zero-order chi connectivity index (χ0) is 16.4. The largest absolute Gasteiger partial charge is 0.326 e. The van der Waals surface area contributed by atoms with Crippen LogP contribution in [0.1, 0.15) is 36.8 Å². The molecule has 5 nitrogen and oxygen atoms in total. The van der Waals surface area contributed by atoms with E-state index < -0.39 is 0 Å². The summed E-state index contributed by atoms with van der Waals surface area (Å²) in [6, 6.07) is 11.4. The van der Waals surface area contributed by atoms with Crippen LogP contribution in [0.5, 0.6) is 0 Å². The molecule has 6 heteroatoms. The number of nitrogens with one attached hydrogen (secondary N) is 1. The second kappa shape index (κ2) is 6.34. The SMILES string of the molecule is CC(=O)Nc1ccccc1C1=NN(C(C)=O)[C@H](c2cccs2)C1. The average molecular weight is 327 g/mol. The summed E-state index contributed by atoms with van der Waals surface area (Å²) in [5.41, 5.74) is 2.38. The van der Waals surface area contributed by atoms with Gasteiger partial charge < -0.3 is 5.32 Å². The molecule has 1 N–H and O–H groups in total. The molecule has 0 unspecified atom stereocenters. The highest BCUT2D eigenvalue weighted by atomic mass is 32.1. The van der Waals surface area contributed by atoms with Gasteiger partial charge in [0.1, 0.15) is 0 Å². The number of thiophene rings is 1. The van der Waals surface area contributed by atoms with Crippen molar-refractivity contribution < 1.29 is 9.59 Å². The summed E-state index contributed by atoms with van der Waals surface area (Å²) in [5.74, 6) is -0.218. The molecule has 1 aliphatic rings. The summed E-state index contributed by atoms with van der Waals surface area (Å²) < 4.78 is 0. The Kier molecular flexibility index (Phi) is 4.25. The molecule has 2 amide bonds. The quantitative estimate of drug-likeness (QED) is 0.939. The fourth-order valence-corrected chi connectivity index (χ4v) is 3.51. The van der Waals surface area contributed by atoms with E-state index in [0.29, 0.717) is 12.1 Å². The van der Waals surface area contributed by atoms with Gasteiger partial charge in [0, 0.05) is 36.4 Å². The normalized spacial score (nSPS) is 17.0. The van der Waals surface area contributed by atoms with E-state index in [9.17, 15) is 9.59 Å². The maximum Gasteiger partial charge on any atom is 0.240 e. The van der Waals surface area contributed by atoms with Gasteiger partial charge in [0.2, 0.25) is 11.8 Å². The van der Waals surface area contributed by atoms with Crippen LogP contribution < -0.4 is 5.32 Å². The molecule has 0 fully saturated rings. The third-order valence-corrected chi connectivity index (χ3v) is 4.63. The van der Waals surface area contributed by atoms with Crippen LogP contribution in [0.15, 0.2) is 46.9 Å². The summed E-state index contributed by atoms with van der Waals surface area (Å²) in [6.45, 7) is 3.00. The number of nitrogens with zero attached hydrogens (tertiary/aromatic N) is 2. The third kappa shape index (κ3) is 3.17. The number of carbonyl (C=O) groups excluding carboxylic acids is 2. The van der Waals surface area contributed by atoms with Crippen molar-refractivity contribution in [3.05, 3.63) is 52.2 Å². The fraction of sp³-hybridized carbons (Fsp3) is 0.235. The number of benzene rings is 1. The van der Waals surface area contributed by atoms with Gasteiger partial charge in [-0.1, -0.05) is 24.3 Å². The van der Waals surface area contributed by atoms with Crippen molar-refractivity contribution in [1.82, 2.24) is 5.01 Å². The first kappa shape index (κ1) is 15.4. The van der Waals surface area contributed by atoms with Crippen molar-refractivity contribution in [2.75, 3.05) is 5.32 Å². The molecule has 2 aromatic rings. The van der Waals surface area contributed by atoms with Crippen molar-refractivity contribution in [3.8, 4) is 0 Å². The van der Waals surface area contributed by atoms with Crippen LogP contribution in [0.2, 0.25) is 0 Å². The molecule has 0 bridgehead atoms. The highest BCUT2D eigenvalue weighted by Crippen LogP contribution is 2.36. The van der Waals surface area contributed by atoms with Crippen molar-refractivity contribution in [1.29, 1.82) is 0 Å². The molecule has 1 aliphatic heterocycles. The predicted molar refractivity (Wildman–Crippen MR) is 91.5 cm³/mol. The maximum absolute atomic E-state index is 11.9. The van der Waals surface area contributed by atoms with Crippen molar-refractivity contribution in [2.45, 2.75) is 26.3 Å². The average Bonchev–Trinajstić information content (AvgIpc) is 3.16. The molecule has 0 saturated carbocycles. The molecule has 2 heterocycles. The molecule has 1 aromatic heterocycles. The minimum absolute atomic E-state index is 0.0760. The van der Waals surface area contributed by atoms with Crippen molar-refractivity contribution >= 4 is 34.6 Å². The van der Waals surface area contributed by atoms with Gasteiger partial charge in [-0.25, -0.2) is 5.01 Å². The van der Waals surface area contributed by atoms with E-state index in [0.717, 1.165) is 16.2 Å². The van der Waals surface area contributed by atoms with E-state index in [2.05, 4.69) is 10.4 Å². The molecule has 0 saturated heterocycles. The summed E-state index contributed by atoms with van der Waals surface area (Å²) in [4.78, 5) is 24.4. The lowest BCUT2D eigenvalue weighted by molar-refractivity contribution is -0.130. The Morgan fingerprint density at radius 2 is 2.00 bits per heavy atom. The van der Waals surface area contributed by atoms with Crippen LogP contribution in [-0.2, 0) is 9.59 Å². The smallest absolute Gasteiger partial charge is 0.240 e. The second-order valence-electron chi connectivity index (χ2n) is 5.37. The molecule has 0 spiro atoms. The Labute approximate surface area is 138 Å². The highest BCUT2D eigenvalue weighted by Gasteiger charge is 2.32. The topological polar surface area (TPSA) is 61.8 Å². The minimum Gasteiger partial charge on any atom is -0.326 e. The van der Waals surface area contributed by atoms with E-state index in [1.165, 1.54) is 18.9 Å². The summed E-state index contributed by atoms with van der Waals surface area (Å²) >= 11 is 1.62. The van der Waals surface area contributed by atoms with Gasteiger partial charge in [-0.15, -0.1) is 11.3 Å². The van der Waals surface area contributed by atoms with Gasteiger partial charge in [0.05, 0.1) is 11.8 Å². The zero-order valence-corrected chi connectivity index (χ0v) is 13.8.